The first-order valence-corrected chi connectivity index (χ1v) is 6.69. The van der Waals surface area contributed by atoms with Gasteiger partial charge in [0.25, 0.3) is 0 Å². The van der Waals surface area contributed by atoms with Crippen molar-refractivity contribution in [2.75, 3.05) is 20.1 Å². The maximum absolute atomic E-state index is 10.7. The van der Waals surface area contributed by atoms with E-state index < -0.39 is 4.92 Å². The molecule has 2 rings (SSSR count). The Morgan fingerprint density at radius 1 is 1.58 bits per heavy atom. The van der Waals surface area contributed by atoms with Crippen molar-refractivity contribution >= 4 is 5.88 Å². The van der Waals surface area contributed by atoms with Gasteiger partial charge in [-0.1, -0.05) is 0 Å². The topological polar surface area (TPSA) is 71.5 Å². The van der Waals surface area contributed by atoms with Gasteiger partial charge in [-0.25, -0.2) is 0 Å². The van der Waals surface area contributed by atoms with E-state index in [4.69, 9.17) is 4.42 Å². The maximum Gasteiger partial charge on any atom is 0.433 e. The molecule has 1 fully saturated rings. The Labute approximate surface area is 112 Å². The molecule has 1 N–H and O–H groups in total. The van der Waals surface area contributed by atoms with Gasteiger partial charge in [0.15, 0.2) is 0 Å². The highest BCUT2D eigenvalue weighted by molar-refractivity contribution is 5.21. The summed E-state index contributed by atoms with van der Waals surface area (Å²) in [5, 5.41) is 13.9. The van der Waals surface area contributed by atoms with Crippen LogP contribution >= 0.6 is 0 Å². The average Bonchev–Trinajstić information content (AvgIpc) is 2.94. The number of furan rings is 1. The standard InChI is InChI=1S/C13H21N3O3/c1-9(2)15-7-6-10(8-14-3)13(15)11-4-5-12(19-11)16(17)18/h4-5,9-10,13-14H,6-8H2,1-3H3. The summed E-state index contributed by atoms with van der Waals surface area (Å²) in [7, 11) is 1.93. The van der Waals surface area contributed by atoms with Gasteiger partial charge < -0.3 is 9.73 Å². The first-order valence-electron chi connectivity index (χ1n) is 6.69. The molecule has 0 amide bonds. The summed E-state index contributed by atoms with van der Waals surface area (Å²) in [5.74, 6) is 0.963. The molecule has 0 aromatic carbocycles. The third kappa shape index (κ3) is 2.79. The molecule has 0 saturated carbocycles. The molecular weight excluding hydrogens is 246 g/mol. The first-order chi connectivity index (χ1) is 9.04. The van der Waals surface area contributed by atoms with E-state index >= 15 is 0 Å². The van der Waals surface area contributed by atoms with Crippen molar-refractivity contribution in [2.45, 2.75) is 32.4 Å². The molecule has 19 heavy (non-hydrogen) atoms. The van der Waals surface area contributed by atoms with Crippen molar-refractivity contribution in [3.63, 3.8) is 0 Å². The highest BCUT2D eigenvalue weighted by atomic mass is 16.6. The zero-order valence-electron chi connectivity index (χ0n) is 11.6. The normalized spacial score (nSPS) is 24.2. The van der Waals surface area contributed by atoms with Gasteiger partial charge in [0.2, 0.25) is 0 Å². The lowest BCUT2D eigenvalue weighted by atomic mass is 9.98. The van der Waals surface area contributed by atoms with Crippen LogP contribution < -0.4 is 5.32 Å². The lowest BCUT2D eigenvalue weighted by molar-refractivity contribution is -0.402. The minimum atomic E-state index is -0.481. The van der Waals surface area contributed by atoms with Crippen LogP contribution in [-0.4, -0.2) is 36.0 Å². The second-order valence-electron chi connectivity index (χ2n) is 5.32. The number of nitrogens with zero attached hydrogens (tertiary/aromatic N) is 2. The summed E-state index contributed by atoms with van der Waals surface area (Å²) in [4.78, 5) is 12.6. The molecule has 6 heteroatoms. The number of likely N-dealkylation sites (tertiary alicyclic amines) is 1. The summed E-state index contributed by atoms with van der Waals surface area (Å²) in [6, 6.07) is 3.71. The average molecular weight is 267 g/mol. The van der Waals surface area contributed by atoms with Crippen molar-refractivity contribution < 1.29 is 9.34 Å². The molecule has 0 spiro atoms. The van der Waals surface area contributed by atoms with Gasteiger partial charge in [0, 0.05) is 6.04 Å². The van der Waals surface area contributed by atoms with Gasteiger partial charge in [0.05, 0.1) is 12.1 Å². The molecule has 2 atom stereocenters. The molecule has 2 heterocycles. The van der Waals surface area contributed by atoms with Crippen molar-refractivity contribution in [1.29, 1.82) is 0 Å². The van der Waals surface area contributed by atoms with Crippen LogP contribution in [0.4, 0.5) is 5.88 Å². The number of hydrogen-bond acceptors (Lipinski definition) is 5. The number of hydrogen-bond donors (Lipinski definition) is 1. The van der Waals surface area contributed by atoms with Crippen molar-refractivity contribution in [3.05, 3.63) is 28.0 Å². The van der Waals surface area contributed by atoms with Gasteiger partial charge in [-0.15, -0.1) is 0 Å². The van der Waals surface area contributed by atoms with Crippen molar-refractivity contribution in [2.24, 2.45) is 5.92 Å². The van der Waals surface area contributed by atoms with Crippen LogP contribution in [0, 0.1) is 16.0 Å². The molecular formula is C13H21N3O3. The van der Waals surface area contributed by atoms with E-state index in [0.717, 1.165) is 19.5 Å². The Bertz CT molecular complexity index is 444. The molecule has 1 aromatic heterocycles. The SMILES string of the molecule is CNCC1CCN(C(C)C)C1c1ccc([N+](=O)[O-])o1. The van der Waals surface area contributed by atoms with Gasteiger partial charge >= 0.3 is 5.88 Å². The van der Waals surface area contributed by atoms with Crippen LogP contribution in [0.5, 0.6) is 0 Å². The fourth-order valence-electron chi connectivity index (χ4n) is 2.93. The molecule has 1 aliphatic rings. The predicted molar refractivity (Wildman–Crippen MR) is 72.0 cm³/mol. The second-order valence-corrected chi connectivity index (χ2v) is 5.32. The predicted octanol–water partition coefficient (Wildman–Crippen LogP) is 2.18. The quantitative estimate of drug-likeness (QED) is 0.654. The minimum Gasteiger partial charge on any atom is -0.404 e. The van der Waals surface area contributed by atoms with Crippen molar-refractivity contribution in [1.82, 2.24) is 10.2 Å². The summed E-state index contributed by atoms with van der Waals surface area (Å²) in [6.07, 6.45) is 1.08. The van der Waals surface area contributed by atoms with Gasteiger partial charge in [-0.3, -0.25) is 15.0 Å². The van der Waals surface area contributed by atoms with E-state index in [1.54, 1.807) is 6.07 Å². The maximum atomic E-state index is 10.7. The Hall–Kier alpha value is -1.40. The summed E-state index contributed by atoms with van der Waals surface area (Å²) in [6.45, 7) is 6.18. The highest BCUT2D eigenvalue weighted by Gasteiger charge is 2.38. The molecule has 2 unspecified atom stereocenters. The summed E-state index contributed by atoms with van der Waals surface area (Å²) < 4.78 is 5.42. The Morgan fingerprint density at radius 3 is 2.84 bits per heavy atom. The minimum absolute atomic E-state index is 0.126. The van der Waals surface area contributed by atoms with Crippen LogP contribution in [0.1, 0.15) is 32.1 Å². The molecule has 1 saturated heterocycles. The van der Waals surface area contributed by atoms with E-state index in [1.807, 2.05) is 7.05 Å². The Kier molecular flexibility index (Phi) is 4.21. The largest absolute Gasteiger partial charge is 0.433 e. The number of nitrogens with one attached hydrogen (secondary N) is 1. The molecule has 0 bridgehead atoms. The fourth-order valence-corrected chi connectivity index (χ4v) is 2.93. The number of rotatable bonds is 5. The van der Waals surface area contributed by atoms with Crippen LogP contribution in [-0.2, 0) is 0 Å². The van der Waals surface area contributed by atoms with Crippen LogP contribution in [0.2, 0.25) is 0 Å². The smallest absolute Gasteiger partial charge is 0.404 e. The van der Waals surface area contributed by atoms with Gasteiger partial charge in [-0.05, 0) is 52.4 Å². The number of nitro groups is 1. The summed E-state index contributed by atoms with van der Waals surface area (Å²) >= 11 is 0. The van der Waals surface area contributed by atoms with Crippen LogP contribution in [0.15, 0.2) is 16.5 Å². The lowest BCUT2D eigenvalue weighted by Crippen LogP contribution is -2.33. The Morgan fingerprint density at radius 2 is 2.32 bits per heavy atom. The second kappa shape index (κ2) is 5.71. The third-order valence-corrected chi connectivity index (χ3v) is 3.78. The zero-order chi connectivity index (χ0) is 14.0. The first kappa shape index (κ1) is 14.0. The molecule has 1 aliphatic heterocycles. The van der Waals surface area contributed by atoms with E-state index in [0.29, 0.717) is 17.7 Å². The molecule has 0 aliphatic carbocycles. The Balaban J connectivity index is 2.26. The van der Waals surface area contributed by atoms with Crippen molar-refractivity contribution in [3.8, 4) is 0 Å². The third-order valence-electron chi connectivity index (χ3n) is 3.78. The van der Waals surface area contributed by atoms with Crippen LogP contribution in [0.3, 0.4) is 0 Å². The highest BCUT2D eigenvalue weighted by Crippen LogP contribution is 2.39. The van der Waals surface area contributed by atoms with Crippen LogP contribution in [0.25, 0.3) is 0 Å². The molecule has 106 valence electrons. The van der Waals surface area contributed by atoms with E-state index in [-0.39, 0.29) is 11.9 Å². The fraction of sp³-hybridized carbons (Fsp3) is 0.692. The van der Waals surface area contributed by atoms with E-state index in [1.165, 1.54) is 6.07 Å². The molecule has 0 radical (unpaired) electrons. The monoisotopic (exact) mass is 267 g/mol. The van der Waals surface area contributed by atoms with E-state index in [2.05, 4.69) is 24.1 Å². The molecule has 1 aromatic rings. The lowest BCUT2D eigenvalue weighted by Gasteiger charge is -2.29. The zero-order valence-corrected chi connectivity index (χ0v) is 11.6. The van der Waals surface area contributed by atoms with Gasteiger partial charge in [-0.2, -0.15) is 0 Å². The summed E-state index contributed by atoms with van der Waals surface area (Å²) in [5.41, 5.74) is 0. The molecule has 6 nitrogen and oxygen atoms in total. The van der Waals surface area contributed by atoms with Gasteiger partial charge in [0.1, 0.15) is 10.7 Å². The van der Waals surface area contributed by atoms with E-state index in [9.17, 15) is 10.1 Å².